The Morgan fingerprint density at radius 2 is 1.82 bits per heavy atom. The fourth-order valence-corrected chi connectivity index (χ4v) is 8.19. The van der Waals surface area contributed by atoms with Crippen LogP contribution in [0.5, 0.6) is 0 Å². The molecule has 2 saturated heterocycles. The van der Waals surface area contributed by atoms with Crippen molar-refractivity contribution in [1.82, 2.24) is 0 Å². The number of fused-ring (bicyclic) bond motifs is 2. The van der Waals surface area contributed by atoms with E-state index in [1.807, 2.05) is 13.8 Å². The van der Waals surface area contributed by atoms with Crippen LogP contribution in [0.25, 0.3) is 0 Å². The van der Waals surface area contributed by atoms with Gasteiger partial charge in [0.15, 0.2) is 12.1 Å². The Balaban J connectivity index is 1.85. The molecule has 0 aromatic rings. The minimum atomic E-state index is -2.30. The molecule has 7 heteroatoms. The van der Waals surface area contributed by atoms with Crippen LogP contribution in [-0.2, 0) is 14.3 Å². The Hall–Kier alpha value is -0.830. The molecule has 4 saturated carbocycles. The van der Waals surface area contributed by atoms with E-state index in [4.69, 9.17) is 9.47 Å². The molecule has 10 atom stereocenters. The predicted molar refractivity (Wildman–Crippen MR) is 96.6 cm³/mol. The molecular weight excluding hydrogens is 364 g/mol. The van der Waals surface area contributed by atoms with E-state index in [0.717, 1.165) is 0 Å². The third kappa shape index (κ3) is 1.59. The summed E-state index contributed by atoms with van der Waals surface area (Å²) < 4.78 is 11.6. The van der Waals surface area contributed by atoms with Gasteiger partial charge >= 0.3 is 0 Å². The van der Waals surface area contributed by atoms with E-state index >= 15 is 0 Å². The van der Waals surface area contributed by atoms with Gasteiger partial charge in [-0.2, -0.15) is 0 Å². The second-order valence-corrected chi connectivity index (χ2v) is 10.3. The molecule has 7 nitrogen and oxygen atoms in total. The van der Waals surface area contributed by atoms with Crippen molar-refractivity contribution in [2.24, 2.45) is 34.0 Å². The molecule has 4 bridgehead atoms. The Morgan fingerprint density at radius 3 is 2.46 bits per heavy atom. The molecule has 2 heterocycles. The highest BCUT2D eigenvalue weighted by Gasteiger charge is 2.89. The number of hydrogen-bond donors (Lipinski definition) is 4. The number of carbonyl (C=O) groups excluding carboxylic acids is 1. The van der Waals surface area contributed by atoms with Gasteiger partial charge in [-0.25, -0.2) is 0 Å². The van der Waals surface area contributed by atoms with E-state index in [1.165, 1.54) is 7.11 Å². The fourth-order valence-electron chi connectivity index (χ4n) is 8.19. The molecule has 6 fully saturated rings. The number of carbonyl (C=O) groups is 1. The van der Waals surface area contributed by atoms with Gasteiger partial charge in [-0.1, -0.05) is 20.4 Å². The molecule has 0 aromatic heterocycles. The van der Waals surface area contributed by atoms with Gasteiger partial charge in [0.1, 0.15) is 11.5 Å². The highest BCUT2D eigenvalue weighted by atomic mass is 16.8. The number of aliphatic hydroxyl groups is 4. The first-order chi connectivity index (χ1) is 13.0. The SMILES string of the molecule is C=C1C(=O)[C@]23[C@H](O)[C@H]1CC[C@H]2[C@]12C([C@H](O)[C@@]3(O)O[C@@H]1OC)C(C)(C)CC[C@@H]2O. The lowest BCUT2D eigenvalue weighted by atomic mass is 9.35. The number of hydrogen-bond acceptors (Lipinski definition) is 7. The molecule has 0 radical (unpaired) electrons. The number of ketones is 1. The van der Waals surface area contributed by atoms with E-state index < -0.39 is 70.2 Å². The average molecular weight is 394 g/mol. The van der Waals surface area contributed by atoms with Gasteiger partial charge in [-0.05, 0) is 42.6 Å². The molecule has 0 amide bonds. The van der Waals surface area contributed by atoms with Crippen molar-refractivity contribution in [3.63, 3.8) is 0 Å². The van der Waals surface area contributed by atoms with Gasteiger partial charge in [0.05, 0.1) is 17.6 Å². The van der Waals surface area contributed by atoms with Gasteiger partial charge in [0, 0.05) is 18.9 Å². The molecule has 4 N–H and O–H groups in total. The fraction of sp³-hybridized carbons (Fsp3) is 0.857. The highest BCUT2D eigenvalue weighted by Crippen LogP contribution is 2.77. The summed E-state index contributed by atoms with van der Waals surface area (Å²) in [5, 5.41) is 45.9. The van der Waals surface area contributed by atoms with Crippen LogP contribution in [0.2, 0.25) is 0 Å². The van der Waals surface area contributed by atoms with Crippen LogP contribution in [0.1, 0.15) is 39.5 Å². The van der Waals surface area contributed by atoms with Crippen LogP contribution in [0.4, 0.5) is 0 Å². The van der Waals surface area contributed by atoms with Gasteiger partial charge in [-0.15, -0.1) is 0 Å². The topological polar surface area (TPSA) is 116 Å². The Kier molecular flexibility index (Phi) is 3.59. The largest absolute Gasteiger partial charge is 0.392 e. The van der Waals surface area contributed by atoms with E-state index in [-0.39, 0.29) is 5.57 Å². The van der Waals surface area contributed by atoms with Crippen LogP contribution in [0, 0.1) is 34.0 Å². The molecule has 6 rings (SSSR count). The lowest BCUT2D eigenvalue weighted by Gasteiger charge is -2.76. The molecule has 2 aliphatic heterocycles. The summed E-state index contributed by atoms with van der Waals surface area (Å²) in [6.45, 7) is 7.91. The number of aliphatic hydroxyl groups excluding tert-OH is 3. The summed E-state index contributed by atoms with van der Waals surface area (Å²) in [5.74, 6) is -4.34. The van der Waals surface area contributed by atoms with Crippen molar-refractivity contribution in [2.75, 3.05) is 7.11 Å². The van der Waals surface area contributed by atoms with Gasteiger partial charge in [0.25, 0.3) is 0 Å². The highest BCUT2D eigenvalue weighted by molar-refractivity contribution is 6.05. The summed E-state index contributed by atoms with van der Waals surface area (Å²) in [4.78, 5) is 13.5. The van der Waals surface area contributed by atoms with Gasteiger partial charge in [-0.3, -0.25) is 4.79 Å². The van der Waals surface area contributed by atoms with E-state index in [2.05, 4.69) is 6.58 Å². The Labute approximate surface area is 164 Å². The van der Waals surface area contributed by atoms with Crippen molar-refractivity contribution in [1.29, 1.82) is 0 Å². The first kappa shape index (κ1) is 19.2. The zero-order chi connectivity index (χ0) is 20.4. The van der Waals surface area contributed by atoms with Gasteiger partial charge < -0.3 is 29.9 Å². The van der Waals surface area contributed by atoms with Crippen molar-refractivity contribution in [3.05, 3.63) is 12.2 Å². The van der Waals surface area contributed by atoms with Crippen LogP contribution >= 0.6 is 0 Å². The van der Waals surface area contributed by atoms with Crippen LogP contribution < -0.4 is 0 Å². The summed E-state index contributed by atoms with van der Waals surface area (Å²) in [7, 11) is 1.45. The lowest BCUT2D eigenvalue weighted by molar-refractivity contribution is -0.509. The number of rotatable bonds is 1. The van der Waals surface area contributed by atoms with E-state index in [0.29, 0.717) is 25.7 Å². The quantitative estimate of drug-likeness (QED) is 0.474. The van der Waals surface area contributed by atoms with Gasteiger partial charge in [0.2, 0.25) is 5.79 Å². The second-order valence-electron chi connectivity index (χ2n) is 10.3. The molecule has 2 spiro atoms. The molecule has 156 valence electrons. The third-order valence-corrected chi connectivity index (χ3v) is 9.12. The maximum atomic E-state index is 13.5. The third-order valence-electron chi connectivity index (χ3n) is 9.12. The Morgan fingerprint density at radius 1 is 1.14 bits per heavy atom. The number of ether oxygens (including phenoxy) is 2. The summed E-state index contributed by atoms with van der Waals surface area (Å²) in [5.41, 5.74) is -2.98. The first-order valence-electron chi connectivity index (χ1n) is 10.2. The van der Waals surface area contributed by atoms with Crippen molar-refractivity contribution in [3.8, 4) is 0 Å². The summed E-state index contributed by atoms with van der Waals surface area (Å²) in [6.07, 6.45) is -2.32. The molecule has 6 aliphatic rings. The van der Waals surface area contributed by atoms with E-state index in [1.54, 1.807) is 0 Å². The maximum absolute atomic E-state index is 13.5. The minimum absolute atomic E-state index is 0.276. The molecule has 4 aliphatic carbocycles. The maximum Gasteiger partial charge on any atom is 0.211 e. The standard InChI is InChI=1S/C21H30O7/c1-9-10-5-6-11-19-12(22)7-8-18(2,3)13(19)16(25)21(26,28-17(19)27-4)20(11,14(9)23)15(10)24/h10-13,15-17,22,24-26H,1,5-8H2,2-4H3/t10-,11-,12-,13?,15+,16-,17-,19-,20-,21+/m0/s1. The Bertz CT molecular complexity index is 764. The zero-order valence-corrected chi connectivity index (χ0v) is 16.6. The second kappa shape index (κ2) is 5.25. The predicted octanol–water partition coefficient (Wildman–Crippen LogP) is 0.348. The normalized spacial score (nSPS) is 59.2. The lowest BCUT2D eigenvalue weighted by Crippen LogP contribution is -2.87. The average Bonchev–Trinajstić information content (AvgIpc) is 2.75. The molecular formula is C21H30O7. The molecule has 28 heavy (non-hydrogen) atoms. The molecule has 0 aromatic carbocycles. The van der Waals surface area contributed by atoms with Crippen molar-refractivity contribution >= 4 is 5.78 Å². The first-order valence-corrected chi connectivity index (χ1v) is 10.2. The van der Waals surface area contributed by atoms with Crippen molar-refractivity contribution < 1.29 is 34.7 Å². The minimum Gasteiger partial charge on any atom is -0.392 e. The smallest absolute Gasteiger partial charge is 0.211 e. The summed E-state index contributed by atoms with van der Waals surface area (Å²) >= 11 is 0. The van der Waals surface area contributed by atoms with Crippen LogP contribution in [-0.4, -0.2) is 63.7 Å². The van der Waals surface area contributed by atoms with Crippen LogP contribution in [0.15, 0.2) is 12.2 Å². The zero-order valence-electron chi connectivity index (χ0n) is 16.6. The number of methoxy groups -OCH3 is 1. The van der Waals surface area contributed by atoms with Crippen LogP contribution in [0.3, 0.4) is 0 Å². The van der Waals surface area contributed by atoms with E-state index in [9.17, 15) is 25.2 Å². The molecule has 1 unspecified atom stereocenters. The number of Topliss-reactive ketones (excluding diaryl/α,β-unsaturated/α-hetero) is 1. The summed E-state index contributed by atoms with van der Waals surface area (Å²) in [6, 6.07) is 0. The van der Waals surface area contributed by atoms with Crippen molar-refractivity contribution in [2.45, 2.75) is 69.9 Å². The monoisotopic (exact) mass is 394 g/mol.